The van der Waals surface area contributed by atoms with Crippen LogP contribution in [0.3, 0.4) is 0 Å². The zero-order valence-corrected chi connectivity index (χ0v) is 10.6. The first kappa shape index (κ1) is 18.4. The third-order valence-corrected chi connectivity index (χ3v) is 2.33. The van der Waals surface area contributed by atoms with Crippen LogP contribution in [0.15, 0.2) is 23.8 Å². The molecular weight excluding hydrogens is 240 g/mol. The average molecular weight is 260 g/mol. The summed E-state index contributed by atoms with van der Waals surface area (Å²) in [5.74, 6) is 0.767. The second-order valence-electron chi connectivity index (χ2n) is 3.93. The van der Waals surface area contributed by atoms with Gasteiger partial charge in [0.1, 0.15) is 0 Å². The summed E-state index contributed by atoms with van der Waals surface area (Å²) >= 11 is 0. The average Bonchev–Trinajstić information content (AvgIpc) is 2.16. The highest BCUT2D eigenvalue weighted by atomic mass is 16.6. The Hall–Kier alpha value is -1.98. The molecule has 0 spiro atoms. The maximum Gasteiger partial charge on any atom is 0.503 e. The molecule has 0 saturated heterocycles. The zero-order chi connectivity index (χ0) is 14.7. The molecule has 0 aromatic rings. The molecule has 1 atom stereocenters. The van der Waals surface area contributed by atoms with Gasteiger partial charge in [-0.3, -0.25) is 0 Å². The van der Waals surface area contributed by atoms with Crippen molar-refractivity contribution < 1.29 is 30.0 Å². The highest BCUT2D eigenvalue weighted by Crippen LogP contribution is 2.27. The summed E-state index contributed by atoms with van der Waals surface area (Å²) in [6.45, 7) is 8.33. The van der Waals surface area contributed by atoms with Crippen molar-refractivity contribution in [2.45, 2.75) is 33.1 Å². The molecule has 104 valence electrons. The van der Waals surface area contributed by atoms with E-state index in [1.54, 1.807) is 5.57 Å². The number of carbonyl (C=O) groups is 2. The SMILES string of the molecule is C=C(C)C1CC=C(C)CC1.O=C(O)O.O=C(O)O. The third kappa shape index (κ3) is 16.4. The van der Waals surface area contributed by atoms with Gasteiger partial charge in [0.05, 0.1) is 0 Å². The van der Waals surface area contributed by atoms with Crippen molar-refractivity contribution >= 4 is 12.3 Å². The molecule has 0 bridgehead atoms. The Balaban J connectivity index is 0. The van der Waals surface area contributed by atoms with E-state index in [4.69, 9.17) is 30.0 Å². The van der Waals surface area contributed by atoms with Gasteiger partial charge in [-0.1, -0.05) is 23.8 Å². The van der Waals surface area contributed by atoms with Crippen LogP contribution in [0.2, 0.25) is 0 Å². The molecule has 0 saturated carbocycles. The zero-order valence-electron chi connectivity index (χ0n) is 10.6. The molecule has 1 aliphatic carbocycles. The molecule has 1 unspecified atom stereocenters. The molecule has 4 N–H and O–H groups in total. The van der Waals surface area contributed by atoms with Gasteiger partial charge in [0.15, 0.2) is 0 Å². The molecule has 1 aliphatic rings. The van der Waals surface area contributed by atoms with E-state index in [1.807, 2.05) is 0 Å². The summed E-state index contributed by atoms with van der Waals surface area (Å²) in [5, 5.41) is 27.9. The number of hydrogen-bond donors (Lipinski definition) is 4. The van der Waals surface area contributed by atoms with Crippen molar-refractivity contribution in [2.75, 3.05) is 0 Å². The number of allylic oxidation sites excluding steroid dienone is 3. The lowest BCUT2D eigenvalue weighted by atomic mass is 9.86. The van der Waals surface area contributed by atoms with Crippen LogP contribution in [-0.4, -0.2) is 32.7 Å². The highest BCUT2D eigenvalue weighted by molar-refractivity contribution is 5.53. The predicted molar refractivity (Wildman–Crippen MR) is 67.2 cm³/mol. The van der Waals surface area contributed by atoms with Gasteiger partial charge in [0.25, 0.3) is 0 Å². The molecule has 0 radical (unpaired) electrons. The Morgan fingerprint density at radius 2 is 1.61 bits per heavy atom. The summed E-state index contributed by atoms with van der Waals surface area (Å²) in [7, 11) is 0. The first-order chi connectivity index (χ1) is 8.16. The third-order valence-electron chi connectivity index (χ3n) is 2.33. The maximum absolute atomic E-state index is 8.56. The Kier molecular flexibility index (Phi) is 10.4. The quantitative estimate of drug-likeness (QED) is 0.533. The van der Waals surface area contributed by atoms with Crippen molar-refractivity contribution in [3.05, 3.63) is 23.8 Å². The Morgan fingerprint density at radius 3 is 1.83 bits per heavy atom. The summed E-state index contributed by atoms with van der Waals surface area (Å²) in [6, 6.07) is 0. The van der Waals surface area contributed by atoms with Crippen LogP contribution < -0.4 is 0 Å². The monoisotopic (exact) mass is 260 g/mol. The molecular formula is C12H20O6. The lowest BCUT2D eigenvalue weighted by Crippen LogP contribution is -2.04. The second kappa shape index (κ2) is 10.2. The van der Waals surface area contributed by atoms with Gasteiger partial charge in [-0.05, 0) is 39.0 Å². The number of rotatable bonds is 1. The van der Waals surface area contributed by atoms with Crippen LogP contribution in [0.5, 0.6) is 0 Å². The molecule has 18 heavy (non-hydrogen) atoms. The normalized spacial score (nSPS) is 17.0. The fraction of sp³-hybridized carbons (Fsp3) is 0.500. The van der Waals surface area contributed by atoms with E-state index in [0.29, 0.717) is 0 Å². The number of hydrogen-bond acceptors (Lipinski definition) is 2. The lowest BCUT2D eigenvalue weighted by Gasteiger charge is -2.19. The molecule has 0 fully saturated rings. The van der Waals surface area contributed by atoms with Gasteiger partial charge in [-0.2, -0.15) is 0 Å². The fourth-order valence-electron chi connectivity index (χ4n) is 1.41. The van der Waals surface area contributed by atoms with Crippen molar-refractivity contribution in [2.24, 2.45) is 5.92 Å². The van der Waals surface area contributed by atoms with E-state index >= 15 is 0 Å². The molecule has 0 heterocycles. The fourth-order valence-corrected chi connectivity index (χ4v) is 1.41. The van der Waals surface area contributed by atoms with Crippen LogP contribution in [0, 0.1) is 5.92 Å². The van der Waals surface area contributed by atoms with E-state index in [0.717, 1.165) is 5.92 Å². The van der Waals surface area contributed by atoms with Crippen LogP contribution in [-0.2, 0) is 0 Å². The van der Waals surface area contributed by atoms with Gasteiger partial charge in [-0.15, -0.1) is 0 Å². The summed E-state index contributed by atoms with van der Waals surface area (Å²) < 4.78 is 0. The maximum atomic E-state index is 8.56. The smallest absolute Gasteiger partial charge is 0.450 e. The summed E-state index contributed by atoms with van der Waals surface area (Å²) in [5.41, 5.74) is 2.90. The van der Waals surface area contributed by atoms with Crippen molar-refractivity contribution in [3.8, 4) is 0 Å². The summed E-state index contributed by atoms with van der Waals surface area (Å²) in [4.78, 5) is 17.1. The van der Waals surface area contributed by atoms with Crippen LogP contribution in [0.1, 0.15) is 33.1 Å². The van der Waals surface area contributed by atoms with Crippen LogP contribution in [0.4, 0.5) is 9.59 Å². The van der Waals surface area contributed by atoms with Crippen molar-refractivity contribution in [3.63, 3.8) is 0 Å². The predicted octanol–water partition coefficient (Wildman–Crippen LogP) is 3.75. The molecule has 0 amide bonds. The van der Waals surface area contributed by atoms with Gasteiger partial charge < -0.3 is 20.4 Å². The number of carboxylic acid groups (broad SMARTS) is 4. The Labute approximate surface area is 106 Å². The molecule has 1 rings (SSSR count). The lowest BCUT2D eigenvalue weighted by molar-refractivity contribution is 0.135. The van der Waals surface area contributed by atoms with Crippen molar-refractivity contribution in [1.29, 1.82) is 0 Å². The summed E-state index contributed by atoms with van der Waals surface area (Å²) in [6.07, 6.45) is 2.50. The minimum Gasteiger partial charge on any atom is -0.450 e. The van der Waals surface area contributed by atoms with E-state index in [1.165, 1.54) is 24.8 Å². The van der Waals surface area contributed by atoms with E-state index in [-0.39, 0.29) is 0 Å². The van der Waals surface area contributed by atoms with Gasteiger partial charge in [-0.25, -0.2) is 9.59 Å². The Bertz CT molecular complexity index is 299. The van der Waals surface area contributed by atoms with Crippen LogP contribution >= 0.6 is 0 Å². The largest absolute Gasteiger partial charge is 0.503 e. The molecule has 0 aromatic carbocycles. The second-order valence-corrected chi connectivity index (χ2v) is 3.93. The van der Waals surface area contributed by atoms with Gasteiger partial charge in [0, 0.05) is 0 Å². The molecule has 0 aromatic heterocycles. The van der Waals surface area contributed by atoms with E-state index in [9.17, 15) is 0 Å². The molecule has 0 aliphatic heterocycles. The van der Waals surface area contributed by atoms with Crippen LogP contribution in [0.25, 0.3) is 0 Å². The standard InChI is InChI=1S/C10H16.2CH2O3/c1-8(2)10-6-4-9(3)5-7-10;2*2-1(3)4/h4,10H,1,5-7H2,2-3H3;2*(H2,2,3,4). The van der Waals surface area contributed by atoms with E-state index < -0.39 is 12.3 Å². The molecule has 6 heteroatoms. The molecule has 6 nitrogen and oxygen atoms in total. The highest BCUT2D eigenvalue weighted by Gasteiger charge is 2.11. The van der Waals surface area contributed by atoms with Crippen molar-refractivity contribution in [1.82, 2.24) is 0 Å². The Morgan fingerprint density at radius 1 is 1.22 bits per heavy atom. The van der Waals surface area contributed by atoms with E-state index in [2.05, 4.69) is 26.5 Å². The first-order valence-electron chi connectivity index (χ1n) is 5.31. The first-order valence-corrected chi connectivity index (χ1v) is 5.31. The topological polar surface area (TPSA) is 115 Å². The minimum absolute atomic E-state index is 0.767. The van der Waals surface area contributed by atoms with Gasteiger partial charge in [0.2, 0.25) is 0 Å². The van der Waals surface area contributed by atoms with Gasteiger partial charge >= 0.3 is 12.3 Å². The minimum atomic E-state index is -1.83.